The molecule has 10 heteroatoms. The van der Waals surface area contributed by atoms with Gasteiger partial charge in [-0.05, 0) is 29.8 Å². The molecule has 158 valence electrons. The molecule has 0 amide bonds. The molecule has 0 saturated carbocycles. The molecule has 30 heavy (non-hydrogen) atoms. The molecule has 0 N–H and O–H groups in total. The van der Waals surface area contributed by atoms with E-state index in [9.17, 15) is 8.42 Å². The molecule has 4 rings (SSSR count). The standard InChI is InChI=1S/C20H22N4O4S2/c1-23(2)30(25,26)15-8-6-7-14(11-15)13-29-20-22-21-19(24(20)3)18-12-27-16-9-4-5-10-17(16)28-18/h4-11,18H,12-13H2,1-3H3. The van der Waals surface area contributed by atoms with Gasteiger partial charge in [-0.3, -0.25) is 0 Å². The Labute approximate surface area is 179 Å². The number of sulfonamides is 1. The number of fused-ring (bicyclic) bond motifs is 1. The first-order valence-corrected chi connectivity index (χ1v) is 11.7. The predicted molar refractivity (Wildman–Crippen MR) is 113 cm³/mol. The molecule has 2 heterocycles. The van der Waals surface area contributed by atoms with Crippen LogP contribution in [0.4, 0.5) is 0 Å². The Kier molecular flexibility index (Phi) is 5.72. The molecule has 0 saturated heterocycles. The van der Waals surface area contributed by atoms with Crippen LogP contribution in [0.1, 0.15) is 17.5 Å². The van der Waals surface area contributed by atoms with E-state index in [0.29, 0.717) is 29.1 Å². The van der Waals surface area contributed by atoms with Crippen LogP contribution in [0.25, 0.3) is 0 Å². The van der Waals surface area contributed by atoms with Gasteiger partial charge in [0.25, 0.3) is 0 Å². The van der Waals surface area contributed by atoms with Gasteiger partial charge in [-0.1, -0.05) is 36.0 Å². The Morgan fingerprint density at radius 1 is 1.13 bits per heavy atom. The third kappa shape index (κ3) is 4.03. The lowest BCUT2D eigenvalue weighted by Crippen LogP contribution is -2.24. The molecular formula is C20H22N4O4S2. The quantitative estimate of drug-likeness (QED) is 0.538. The van der Waals surface area contributed by atoms with E-state index >= 15 is 0 Å². The highest BCUT2D eigenvalue weighted by atomic mass is 32.2. The molecule has 0 bridgehead atoms. The molecule has 3 aromatic rings. The highest BCUT2D eigenvalue weighted by Gasteiger charge is 2.27. The second kappa shape index (κ2) is 8.29. The van der Waals surface area contributed by atoms with Crippen molar-refractivity contribution in [1.29, 1.82) is 0 Å². The Hall–Kier alpha value is -2.56. The van der Waals surface area contributed by atoms with E-state index in [1.807, 2.05) is 41.9 Å². The zero-order valence-electron chi connectivity index (χ0n) is 16.8. The summed E-state index contributed by atoms with van der Waals surface area (Å²) >= 11 is 1.48. The van der Waals surface area contributed by atoms with Gasteiger partial charge in [0.2, 0.25) is 10.0 Å². The Balaban J connectivity index is 1.47. The van der Waals surface area contributed by atoms with E-state index in [1.54, 1.807) is 18.2 Å². The first-order valence-electron chi connectivity index (χ1n) is 9.28. The van der Waals surface area contributed by atoms with Crippen LogP contribution in [0.15, 0.2) is 58.6 Å². The molecular weight excluding hydrogens is 424 g/mol. The van der Waals surface area contributed by atoms with Gasteiger partial charge in [0.05, 0.1) is 4.90 Å². The van der Waals surface area contributed by atoms with Crippen LogP contribution >= 0.6 is 11.8 Å². The van der Waals surface area contributed by atoms with Crippen molar-refractivity contribution in [2.24, 2.45) is 7.05 Å². The van der Waals surface area contributed by atoms with Crippen molar-refractivity contribution in [2.75, 3.05) is 20.7 Å². The zero-order chi connectivity index (χ0) is 21.3. The summed E-state index contributed by atoms with van der Waals surface area (Å²) in [6, 6.07) is 14.5. The minimum atomic E-state index is -3.46. The summed E-state index contributed by atoms with van der Waals surface area (Å²) in [6.07, 6.45) is -0.347. The van der Waals surface area contributed by atoms with Crippen molar-refractivity contribution in [2.45, 2.75) is 21.9 Å². The van der Waals surface area contributed by atoms with Crippen LogP contribution in [0, 0.1) is 0 Å². The normalized spacial score (nSPS) is 16.1. The molecule has 1 unspecified atom stereocenters. The number of para-hydroxylation sites is 2. The summed E-state index contributed by atoms with van der Waals surface area (Å²) in [5.74, 6) is 2.65. The zero-order valence-corrected chi connectivity index (χ0v) is 18.5. The fourth-order valence-electron chi connectivity index (χ4n) is 3.03. The number of nitrogens with zero attached hydrogens (tertiary/aromatic N) is 4. The van der Waals surface area contributed by atoms with Crippen LogP contribution in [0.5, 0.6) is 11.5 Å². The van der Waals surface area contributed by atoms with Gasteiger partial charge in [-0.2, -0.15) is 0 Å². The molecule has 1 atom stereocenters. The molecule has 1 aliphatic rings. The van der Waals surface area contributed by atoms with E-state index in [4.69, 9.17) is 9.47 Å². The number of rotatable bonds is 6. The lowest BCUT2D eigenvalue weighted by Gasteiger charge is -2.25. The largest absolute Gasteiger partial charge is 0.485 e. The average Bonchev–Trinajstić information content (AvgIpc) is 3.12. The monoisotopic (exact) mass is 446 g/mol. The average molecular weight is 447 g/mol. The van der Waals surface area contributed by atoms with Crippen molar-refractivity contribution < 1.29 is 17.9 Å². The van der Waals surface area contributed by atoms with Gasteiger partial charge >= 0.3 is 0 Å². The van der Waals surface area contributed by atoms with Gasteiger partial charge in [0.1, 0.15) is 6.61 Å². The highest BCUT2D eigenvalue weighted by Crippen LogP contribution is 2.36. The van der Waals surface area contributed by atoms with E-state index in [1.165, 1.54) is 30.2 Å². The third-order valence-corrected chi connectivity index (χ3v) is 7.61. The fraction of sp³-hybridized carbons (Fsp3) is 0.300. The first-order chi connectivity index (χ1) is 14.4. The van der Waals surface area contributed by atoms with E-state index in [0.717, 1.165) is 11.3 Å². The fourth-order valence-corrected chi connectivity index (χ4v) is 4.87. The predicted octanol–water partition coefficient (Wildman–Crippen LogP) is 2.87. The topological polar surface area (TPSA) is 86.6 Å². The van der Waals surface area contributed by atoms with Gasteiger partial charge in [0, 0.05) is 26.9 Å². The molecule has 0 spiro atoms. The Bertz CT molecular complexity index is 1160. The van der Waals surface area contributed by atoms with Gasteiger partial charge < -0.3 is 14.0 Å². The molecule has 8 nitrogen and oxygen atoms in total. The Morgan fingerprint density at radius 2 is 1.90 bits per heavy atom. The lowest BCUT2D eigenvalue weighted by molar-refractivity contribution is 0.0825. The van der Waals surface area contributed by atoms with Crippen LogP contribution in [-0.4, -0.2) is 48.2 Å². The van der Waals surface area contributed by atoms with Gasteiger partial charge in [0.15, 0.2) is 28.6 Å². The second-order valence-corrected chi connectivity index (χ2v) is 10.1. The Morgan fingerprint density at radius 3 is 2.67 bits per heavy atom. The van der Waals surface area contributed by atoms with Crippen LogP contribution in [0.3, 0.4) is 0 Å². The third-order valence-electron chi connectivity index (χ3n) is 4.71. The number of aromatic nitrogens is 3. The first kappa shape index (κ1) is 20.7. The van der Waals surface area contributed by atoms with E-state index in [2.05, 4.69) is 10.2 Å². The lowest BCUT2D eigenvalue weighted by atomic mass is 10.2. The maximum absolute atomic E-state index is 12.3. The molecule has 0 fully saturated rings. The number of benzene rings is 2. The highest BCUT2D eigenvalue weighted by molar-refractivity contribution is 7.98. The van der Waals surface area contributed by atoms with Crippen molar-refractivity contribution >= 4 is 21.8 Å². The number of hydrogen-bond acceptors (Lipinski definition) is 7. The smallest absolute Gasteiger partial charge is 0.242 e. The molecule has 1 aliphatic heterocycles. The second-order valence-electron chi connectivity index (χ2n) is 6.99. The SMILES string of the molecule is CN(C)S(=O)(=O)c1cccc(CSc2nnc(C3COc4ccccc4O3)n2C)c1. The summed E-state index contributed by atoms with van der Waals surface area (Å²) in [6.45, 7) is 0.359. The summed E-state index contributed by atoms with van der Waals surface area (Å²) in [5, 5.41) is 9.28. The summed E-state index contributed by atoms with van der Waals surface area (Å²) < 4.78 is 39.6. The van der Waals surface area contributed by atoms with E-state index in [-0.39, 0.29) is 11.0 Å². The molecule has 0 radical (unpaired) electrons. The number of thioether (sulfide) groups is 1. The van der Waals surface area contributed by atoms with Crippen molar-refractivity contribution in [3.8, 4) is 11.5 Å². The maximum Gasteiger partial charge on any atom is 0.242 e. The maximum atomic E-state index is 12.3. The van der Waals surface area contributed by atoms with Crippen LogP contribution in [-0.2, 0) is 22.8 Å². The summed E-state index contributed by atoms with van der Waals surface area (Å²) in [5.41, 5.74) is 0.888. The van der Waals surface area contributed by atoms with Crippen molar-refractivity contribution in [1.82, 2.24) is 19.1 Å². The molecule has 1 aromatic heterocycles. The van der Waals surface area contributed by atoms with Gasteiger partial charge in [-0.25, -0.2) is 12.7 Å². The van der Waals surface area contributed by atoms with E-state index < -0.39 is 10.0 Å². The molecule has 2 aromatic carbocycles. The number of ether oxygens (including phenoxy) is 2. The van der Waals surface area contributed by atoms with Crippen LogP contribution in [0.2, 0.25) is 0 Å². The van der Waals surface area contributed by atoms with Gasteiger partial charge in [-0.15, -0.1) is 10.2 Å². The van der Waals surface area contributed by atoms with Crippen molar-refractivity contribution in [3.63, 3.8) is 0 Å². The minimum absolute atomic E-state index is 0.274. The summed E-state index contributed by atoms with van der Waals surface area (Å²) in [4.78, 5) is 0.274. The van der Waals surface area contributed by atoms with Crippen LogP contribution < -0.4 is 9.47 Å². The minimum Gasteiger partial charge on any atom is -0.485 e. The molecule has 0 aliphatic carbocycles. The summed E-state index contributed by atoms with van der Waals surface area (Å²) in [7, 11) is 1.46. The van der Waals surface area contributed by atoms with Crippen molar-refractivity contribution in [3.05, 3.63) is 59.9 Å². The number of hydrogen-bond donors (Lipinski definition) is 0.